The van der Waals surface area contributed by atoms with E-state index in [0.717, 1.165) is 47.7 Å². The van der Waals surface area contributed by atoms with Gasteiger partial charge in [-0.05, 0) is 50.3 Å². The molecule has 7 heteroatoms. The first-order valence-electron chi connectivity index (χ1n) is 12.5. The van der Waals surface area contributed by atoms with Crippen molar-refractivity contribution in [3.8, 4) is 0 Å². The summed E-state index contributed by atoms with van der Waals surface area (Å²) in [5, 5.41) is 0.821. The maximum absolute atomic E-state index is 13.9. The van der Waals surface area contributed by atoms with Gasteiger partial charge in [0.2, 0.25) is 5.91 Å². The molecule has 1 aliphatic heterocycles. The smallest absolute Gasteiger partial charge is 0.332 e. The summed E-state index contributed by atoms with van der Waals surface area (Å²) in [6, 6.07) is 15.6. The molecule has 1 saturated heterocycles. The molecule has 7 nitrogen and oxygen atoms in total. The lowest BCUT2D eigenvalue weighted by Gasteiger charge is -2.35. The van der Waals surface area contributed by atoms with E-state index in [2.05, 4.69) is 6.92 Å². The van der Waals surface area contributed by atoms with Gasteiger partial charge in [-0.1, -0.05) is 48.9 Å². The molecule has 1 aliphatic rings. The van der Waals surface area contributed by atoms with E-state index in [-0.39, 0.29) is 30.6 Å². The van der Waals surface area contributed by atoms with Crippen LogP contribution in [0.2, 0.25) is 0 Å². The van der Waals surface area contributed by atoms with Gasteiger partial charge < -0.3 is 9.47 Å². The second-order valence-electron chi connectivity index (χ2n) is 9.67. The van der Waals surface area contributed by atoms with Crippen molar-refractivity contribution in [3.05, 3.63) is 80.5 Å². The number of piperidine rings is 1. The summed E-state index contributed by atoms with van der Waals surface area (Å²) in [4.78, 5) is 43.1. The molecule has 3 heterocycles. The average molecular weight is 473 g/mol. The Morgan fingerprint density at radius 2 is 1.77 bits per heavy atom. The molecule has 0 unspecified atom stereocenters. The van der Waals surface area contributed by atoms with Gasteiger partial charge in [-0.2, -0.15) is 0 Å². The standard InChI is InChI=1S/C28H32N4O3/c1-4-21-12-8-9-15-30(21)24(33)18-31-25-22-16-19(2)13-14-23(22)29(3)26(25)27(34)32(28(31)35)17-20-10-6-5-7-11-20/h5-7,10-11,13-14,16,21H,4,8-9,12,15,17-18H2,1-3H3/t21-/m0/s1. The van der Waals surface area contributed by atoms with Crippen molar-refractivity contribution in [2.45, 2.75) is 58.7 Å². The zero-order valence-electron chi connectivity index (χ0n) is 20.7. The third-order valence-electron chi connectivity index (χ3n) is 7.40. The summed E-state index contributed by atoms with van der Waals surface area (Å²) in [6.07, 6.45) is 4.00. The summed E-state index contributed by atoms with van der Waals surface area (Å²) >= 11 is 0. The molecule has 0 spiro atoms. The molecule has 182 valence electrons. The first-order chi connectivity index (χ1) is 16.9. The molecular formula is C28H32N4O3. The lowest BCUT2D eigenvalue weighted by atomic mass is 10.00. The highest BCUT2D eigenvalue weighted by molar-refractivity contribution is 6.06. The quantitative estimate of drug-likeness (QED) is 0.444. The van der Waals surface area contributed by atoms with Crippen molar-refractivity contribution in [1.82, 2.24) is 18.6 Å². The number of carbonyl (C=O) groups is 1. The number of hydrogen-bond acceptors (Lipinski definition) is 3. The van der Waals surface area contributed by atoms with Gasteiger partial charge in [-0.15, -0.1) is 0 Å². The van der Waals surface area contributed by atoms with Crippen LogP contribution < -0.4 is 11.2 Å². The lowest BCUT2D eigenvalue weighted by molar-refractivity contribution is -0.135. The molecular weight excluding hydrogens is 440 g/mol. The Balaban J connectivity index is 1.74. The highest BCUT2D eigenvalue weighted by Crippen LogP contribution is 2.27. The number of rotatable bonds is 5. The fraction of sp³-hybridized carbons (Fsp3) is 0.393. The maximum atomic E-state index is 13.9. The fourth-order valence-corrected chi connectivity index (χ4v) is 5.54. The van der Waals surface area contributed by atoms with Crippen LogP contribution in [0.1, 0.15) is 43.7 Å². The third kappa shape index (κ3) is 3.99. The first-order valence-corrected chi connectivity index (χ1v) is 12.5. The van der Waals surface area contributed by atoms with E-state index in [1.165, 1.54) is 9.13 Å². The Morgan fingerprint density at radius 3 is 2.51 bits per heavy atom. The van der Waals surface area contributed by atoms with Gasteiger partial charge in [0.1, 0.15) is 12.1 Å². The van der Waals surface area contributed by atoms with Crippen LogP contribution in [0.5, 0.6) is 0 Å². The van der Waals surface area contributed by atoms with Crippen molar-refractivity contribution in [1.29, 1.82) is 0 Å². The fourth-order valence-electron chi connectivity index (χ4n) is 5.54. The van der Waals surface area contributed by atoms with Gasteiger partial charge in [-0.3, -0.25) is 18.7 Å². The molecule has 4 aromatic rings. The van der Waals surface area contributed by atoms with Crippen LogP contribution >= 0.6 is 0 Å². The van der Waals surface area contributed by atoms with Gasteiger partial charge in [0.15, 0.2) is 0 Å². The highest BCUT2D eigenvalue weighted by atomic mass is 16.2. The minimum atomic E-state index is -0.446. The van der Waals surface area contributed by atoms with Crippen LogP contribution in [0, 0.1) is 6.92 Å². The first kappa shape index (κ1) is 23.1. The van der Waals surface area contributed by atoms with Crippen LogP contribution in [0.25, 0.3) is 21.9 Å². The monoisotopic (exact) mass is 472 g/mol. The van der Waals surface area contributed by atoms with Crippen molar-refractivity contribution in [2.75, 3.05) is 6.54 Å². The molecule has 0 aliphatic carbocycles. The number of likely N-dealkylation sites (tertiary alicyclic amines) is 1. The molecule has 0 radical (unpaired) electrons. The van der Waals surface area contributed by atoms with Gasteiger partial charge in [-0.25, -0.2) is 4.79 Å². The highest BCUT2D eigenvalue weighted by Gasteiger charge is 2.28. The van der Waals surface area contributed by atoms with Crippen LogP contribution in [-0.2, 0) is 24.9 Å². The molecule has 0 bridgehead atoms. The summed E-state index contributed by atoms with van der Waals surface area (Å²) in [7, 11) is 1.85. The Morgan fingerprint density at radius 1 is 1.00 bits per heavy atom. The molecule has 35 heavy (non-hydrogen) atoms. The van der Waals surface area contributed by atoms with E-state index < -0.39 is 5.69 Å². The second-order valence-corrected chi connectivity index (χ2v) is 9.67. The third-order valence-corrected chi connectivity index (χ3v) is 7.40. The Hall–Kier alpha value is -3.61. The summed E-state index contributed by atoms with van der Waals surface area (Å²) < 4.78 is 4.65. The predicted octanol–water partition coefficient (Wildman–Crippen LogP) is 3.80. The average Bonchev–Trinajstić information content (AvgIpc) is 3.16. The van der Waals surface area contributed by atoms with Crippen molar-refractivity contribution >= 4 is 27.8 Å². The van der Waals surface area contributed by atoms with Crippen LogP contribution in [0.3, 0.4) is 0 Å². The molecule has 0 N–H and O–H groups in total. The predicted molar refractivity (Wildman–Crippen MR) is 139 cm³/mol. The summed E-state index contributed by atoms with van der Waals surface area (Å²) in [5.41, 5.74) is 2.97. The van der Waals surface area contributed by atoms with Crippen molar-refractivity contribution in [3.63, 3.8) is 0 Å². The minimum absolute atomic E-state index is 0.0606. The summed E-state index contributed by atoms with van der Waals surface area (Å²) in [5.74, 6) is -0.0606. The second kappa shape index (κ2) is 9.21. The largest absolute Gasteiger partial charge is 0.338 e. The van der Waals surface area contributed by atoms with Crippen molar-refractivity contribution in [2.24, 2.45) is 7.05 Å². The Kier molecular flexibility index (Phi) is 6.09. The van der Waals surface area contributed by atoms with E-state index in [4.69, 9.17) is 0 Å². The molecule has 5 rings (SSSR count). The molecule has 0 saturated carbocycles. The molecule has 2 aromatic heterocycles. The van der Waals surface area contributed by atoms with E-state index in [1.807, 2.05) is 72.0 Å². The maximum Gasteiger partial charge on any atom is 0.332 e. The molecule has 1 amide bonds. The van der Waals surface area contributed by atoms with Gasteiger partial charge >= 0.3 is 5.69 Å². The van der Waals surface area contributed by atoms with Gasteiger partial charge in [0, 0.05) is 25.0 Å². The number of benzene rings is 2. The van der Waals surface area contributed by atoms with E-state index in [0.29, 0.717) is 17.6 Å². The van der Waals surface area contributed by atoms with E-state index >= 15 is 0 Å². The number of carbonyl (C=O) groups excluding carboxylic acids is 1. The van der Waals surface area contributed by atoms with E-state index in [1.54, 1.807) is 0 Å². The number of aromatic nitrogens is 3. The van der Waals surface area contributed by atoms with E-state index in [9.17, 15) is 14.4 Å². The SMILES string of the molecule is CC[C@H]1CCCCN1C(=O)Cn1c(=O)n(Cc2ccccc2)c(=O)c2c1c1cc(C)ccc1n2C. The molecule has 2 aromatic carbocycles. The number of nitrogens with zero attached hydrogens (tertiary/aromatic N) is 4. The zero-order chi connectivity index (χ0) is 24.7. The normalized spacial score (nSPS) is 16.3. The van der Waals surface area contributed by atoms with Crippen LogP contribution in [-0.4, -0.2) is 37.1 Å². The minimum Gasteiger partial charge on any atom is -0.338 e. The van der Waals surface area contributed by atoms with Crippen LogP contribution in [0.15, 0.2) is 58.1 Å². The Labute approximate surface area is 204 Å². The molecule has 1 atom stereocenters. The topological polar surface area (TPSA) is 69.2 Å². The molecule has 1 fully saturated rings. The van der Waals surface area contributed by atoms with Gasteiger partial charge in [0.25, 0.3) is 5.56 Å². The van der Waals surface area contributed by atoms with Crippen molar-refractivity contribution < 1.29 is 4.79 Å². The number of fused-ring (bicyclic) bond motifs is 3. The number of aryl methyl sites for hydroxylation is 2. The number of amides is 1. The Bertz CT molecular complexity index is 1530. The van der Waals surface area contributed by atoms with Crippen LogP contribution in [0.4, 0.5) is 0 Å². The lowest BCUT2D eigenvalue weighted by Crippen LogP contribution is -2.47. The van der Waals surface area contributed by atoms with Gasteiger partial charge in [0.05, 0.1) is 17.6 Å². The number of hydrogen-bond donors (Lipinski definition) is 0. The summed E-state index contributed by atoms with van der Waals surface area (Å²) in [6.45, 7) is 4.89. The zero-order valence-corrected chi connectivity index (χ0v) is 20.7.